The lowest BCUT2D eigenvalue weighted by Crippen LogP contribution is -2.10. The number of hydrogen-bond acceptors (Lipinski definition) is 3. The van der Waals surface area contributed by atoms with E-state index in [1.807, 2.05) is 42.1 Å². The summed E-state index contributed by atoms with van der Waals surface area (Å²) in [6.45, 7) is 1.96. The highest BCUT2D eigenvalue weighted by Crippen LogP contribution is 2.24. The predicted molar refractivity (Wildman–Crippen MR) is 71.5 cm³/mol. The van der Waals surface area contributed by atoms with Gasteiger partial charge in [-0.1, -0.05) is 12.1 Å². The fourth-order valence-electron chi connectivity index (χ4n) is 2.16. The van der Waals surface area contributed by atoms with Crippen molar-refractivity contribution in [1.82, 2.24) is 14.5 Å². The minimum absolute atomic E-state index is 0.0513. The number of benzene rings is 1. The summed E-state index contributed by atoms with van der Waals surface area (Å²) < 4.78 is 2.03. The maximum absolute atomic E-state index is 5.97. The quantitative estimate of drug-likeness (QED) is 0.746. The second-order valence-electron chi connectivity index (χ2n) is 4.35. The molecule has 3 rings (SSSR count). The first-order valence-electron chi connectivity index (χ1n) is 5.88. The standard InChI is InChI=1S/C14H14N4/c1-10(15)14-8-17-9-18(14)13-4-2-3-11-7-16-6-5-12(11)13/h2-10H,15H2,1H3/t10-/m1/s1. The molecule has 4 nitrogen and oxygen atoms in total. The van der Waals surface area contributed by atoms with Gasteiger partial charge in [-0.2, -0.15) is 0 Å². The number of imidazole rings is 1. The summed E-state index contributed by atoms with van der Waals surface area (Å²) in [5.41, 5.74) is 8.05. The molecule has 0 saturated carbocycles. The molecule has 2 heterocycles. The van der Waals surface area contributed by atoms with Gasteiger partial charge >= 0.3 is 0 Å². The Labute approximate surface area is 105 Å². The highest BCUT2D eigenvalue weighted by molar-refractivity contribution is 5.89. The van der Waals surface area contributed by atoms with Crippen molar-refractivity contribution in [3.05, 3.63) is 54.9 Å². The molecule has 0 aliphatic heterocycles. The van der Waals surface area contributed by atoms with Crippen LogP contribution in [0, 0.1) is 0 Å². The Bertz CT molecular complexity index is 680. The van der Waals surface area contributed by atoms with Crippen molar-refractivity contribution in [3.63, 3.8) is 0 Å². The first-order valence-corrected chi connectivity index (χ1v) is 5.88. The summed E-state index contributed by atoms with van der Waals surface area (Å²) >= 11 is 0. The molecule has 0 radical (unpaired) electrons. The molecule has 0 bridgehead atoms. The third-order valence-electron chi connectivity index (χ3n) is 3.05. The van der Waals surface area contributed by atoms with E-state index in [0.29, 0.717) is 0 Å². The number of aromatic nitrogens is 3. The smallest absolute Gasteiger partial charge is 0.0994 e. The van der Waals surface area contributed by atoms with Crippen LogP contribution in [0.15, 0.2) is 49.2 Å². The van der Waals surface area contributed by atoms with Gasteiger partial charge in [0.05, 0.1) is 23.9 Å². The van der Waals surface area contributed by atoms with Crippen molar-refractivity contribution in [2.75, 3.05) is 0 Å². The van der Waals surface area contributed by atoms with Gasteiger partial charge in [0.1, 0.15) is 0 Å². The SMILES string of the molecule is C[C@@H](N)c1cncn1-c1cccc2cnccc12. The van der Waals surface area contributed by atoms with Crippen LogP contribution in [0.2, 0.25) is 0 Å². The second kappa shape index (κ2) is 4.23. The summed E-state index contributed by atoms with van der Waals surface area (Å²) in [6.07, 6.45) is 7.27. The molecule has 0 saturated heterocycles. The number of hydrogen-bond donors (Lipinski definition) is 1. The van der Waals surface area contributed by atoms with Crippen LogP contribution in [0.1, 0.15) is 18.7 Å². The van der Waals surface area contributed by atoms with Gasteiger partial charge in [0.2, 0.25) is 0 Å². The van der Waals surface area contributed by atoms with Gasteiger partial charge in [-0.25, -0.2) is 4.98 Å². The zero-order valence-corrected chi connectivity index (χ0v) is 10.1. The molecule has 0 aliphatic carbocycles. The fourth-order valence-corrected chi connectivity index (χ4v) is 2.16. The average molecular weight is 238 g/mol. The molecule has 1 atom stereocenters. The lowest BCUT2D eigenvalue weighted by atomic mass is 10.1. The molecule has 90 valence electrons. The maximum atomic E-state index is 5.97. The minimum atomic E-state index is -0.0513. The van der Waals surface area contributed by atoms with Crippen LogP contribution >= 0.6 is 0 Å². The Balaban J connectivity index is 2.28. The van der Waals surface area contributed by atoms with Crippen molar-refractivity contribution in [2.24, 2.45) is 5.73 Å². The normalized spacial score (nSPS) is 12.8. The van der Waals surface area contributed by atoms with E-state index < -0.39 is 0 Å². The monoisotopic (exact) mass is 238 g/mol. The van der Waals surface area contributed by atoms with E-state index in [1.54, 1.807) is 12.5 Å². The van der Waals surface area contributed by atoms with Gasteiger partial charge in [-0.3, -0.25) is 4.98 Å². The van der Waals surface area contributed by atoms with Crippen LogP contribution in [-0.2, 0) is 0 Å². The van der Waals surface area contributed by atoms with Crippen LogP contribution in [-0.4, -0.2) is 14.5 Å². The summed E-state index contributed by atoms with van der Waals surface area (Å²) in [5.74, 6) is 0. The van der Waals surface area contributed by atoms with E-state index in [0.717, 1.165) is 22.2 Å². The molecular formula is C14H14N4. The average Bonchev–Trinajstić information content (AvgIpc) is 2.87. The number of pyridine rings is 1. The maximum Gasteiger partial charge on any atom is 0.0994 e. The van der Waals surface area contributed by atoms with Gasteiger partial charge in [-0.15, -0.1) is 0 Å². The number of fused-ring (bicyclic) bond motifs is 1. The van der Waals surface area contributed by atoms with Gasteiger partial charge in [0, 0.05) is 29.2 Å². The molecule has 4 heteroatoms. The largest absolute Gasteiger partial charge is 0.323 e. The molecular weight excluding hydrogens is 224 g/mol. The Morgan fingerprint density at radius 1 is 1.17 bits per heavy atom. The molecule has 0 amide bonds. The Kier molecular flexibility index (Phi) is 2.57. The molecule has 0 unspecified atom stereocenters. The molecule has 0 aliphatic rings. The molecule has 0 spiro atoms. The third-order valence-corrected chi connectivity index (χ3v) is 3.05. The second-order valence-corrected chi connectivity index (χ2v) is 4.35. The molecule has 1 aromatic carbocycles. The molecule has 0 fully saturated rings. The molecule has 2 N–H and O–H groups in total. The molecule has 3 aromatic rings. The number of nitrogens with zero attached hydrogens (tertiary/aromatic N) is 3. The van der Waals surface area contributed by atoms with Crippen LogP contribution < -0.4 is 5.73 Å². The third kappa shape index (κ3) is 1.67. The van der Waals surface area contributed by atoms with E-state index in [9.17, 15) is 0 Å². The van der Waals surface area contributed by atoms with Crippen molar-refractivity contribution >= 4 is 10.8 Å². The van der Waals surface area contributed by atoms with Gasteiger partial charge < -0.3 is 10.3 Å². The Hall–Kier alpha value is -2.20. The highest BCUT2D eigenvalue weighted by Gasteiger charge is 2.10. The van der Waals surface area contributed by atoms with Crippen molar-refractivity contribution in [3.8, 4) is 5.69 Å². The lowest BCUT2D eigenvalue weighted by molar-refractivity contribution is 0.754. The van der Waals surface area contributed by atoms with Crippen LogP contribution in [0.25, 0.3) is 16.5 Å². The summed E-state index contributed by atoms with van der Waals surface area (Å²) in [7, 11) is 0. The van der Waals surface area contributed by atoms with Gasteiger partial charge in [-0.05, 0) is 19.1 Å². The zero-order valence-electron chi connectivity index (χ0n) is 10.1. The van der Waals surface area contributed by atoms with E-state index >= 15 is 0 Å². The van der Waals surface area contributed by atoms with Crippen molar-refractivity contribution < 1.29 is 0 Å². The predicted octanol–water partition coefficient (Wildman–Crippen LogP) is 2.44. The van der Waals surface area contributed by atoms with Crippen LogP contribution in [0.3, 0.4) is 0 Å². The lowest BCUT2D eigenvalue weighted by Gasteiger charge is -2.12. The Morgan fingerprint density at radius 3 is 2.89 bits per heavy atom. The van der Waals surface area contributed by atoms with E-state index in [-0.39, 0.29) is 6.04 Å². The Morgan fingerprint density at radius 2 is 2.06 bits per heavy atom. The topological polar surface area (TPSA) is 56.7 Å². The summed E-state index contributed by atoms with van der Waals surface area (Å²) in [6, 6.07) is 8.09. The molecule has 2 aromatic heterocycles. The van der Waals surface area contributed by atoms with Crippen LogP contribution in [0.4, 0.5) is 0 Å². The molecule has 18 heavy (non-hydrogen) atoms. The first kappa shape index (κ1) is 10.9. The highest BCUT2D eigenvalue weighted by atomic mass is 15.1. The first-order chi connectivity index (χ1) is 8.77. The van der Waals surface area contributed by atoms with Crippen LogP contribution in [0.5, 0.6) is 0 Å². The van der Waals surface area contributed by atoms with Gasteiger partial charge in [0.15, 0.2) is 0 Å². The van der Waals surface area contributed by atoms with Crippen molar-refractivity contribution in [2.45, 2.75) is 13.0 Å². The number of nitrogens with two attached hydrogens (primary N) is 1. The van der Waals surface area contributed by atoms with Crippen molar-refractivity contribution in [1.29, 1.82) is 0 Å². The zero-order chi connectivity index (χ0) is 12.5. The van der Waals surface area contributed by atoms with Gasteiger partial charge in [0.25, 0.3) is 0 Å². The van der Waals surface area contributed by atoms with E-state index in [2.05, 4.69) is 16.0 Å². The fraction of sp³-hybridized carbons (Fsp3) is 0.143. The van der Waals surface area contributed by atoms with E-state index in [4.69, 9.17) is 5.73 Å². The van der Waals surface area contributed by atoms with E-state index in [1.165, 1.54) is 0 Å². The summed E-state index contributed by atoms with van der Waals surface area (Å²) in [4.78, 5) is 8.34. The summed E-state index contributed by atoms with van der Waals surface area (Å²) in [5, 5.41) is 2.26. The minimum Gasteiger partial charge on any atom is -0.323 e. The number of rotatable bonds is 2.